The number of benzene rings is 2. The molecule has 2 aromatic carbocycles. The van der Waals surface area contributed by atoms with Gasteiger partial charge in [0.25, 0.3) is 0 Å². The summed E-state index contributed by atoms with van der Waals surface area (Å²) >= 11 is 0. The lowest BCUT2D eigenvalue weighted by molar-refractivity contribution is 0.112. The number of nitrogens with zero attached hydrogens (tertiary/aromatic N) is 1. The quantitative estimate of drug-likeness (QED) is 0.352. The molecule has 0 saturated heterocycles. The monoisotopic (exact) mass is 431 g/mol. The molecule has 0 saturated carbocycles. The molecule has 170 valence electrons. The predicted molar refractivity (Wildman–Crippen MR) is 133 cm³/mol. The van der Waals surface area contributed by atoms with Gasteiger partial charge in [0.15, 0.2) is 0 Å². The first-order valence-corrected chi connectivity index (χ1v) is 12.3. The Morgan fingerprint density at radius 1 is 1.22 bits per heavy atom. The second kappa shape index (κ2) is 9.94. The molecule has 0 bridgehead atoms. The van der Waals surface area contributed by atoms with Crippen molar-refractivity contribution in [2.45, 2.75) is 64.2 Å². The van der Waals surface area contributed by atoms with Gasteiger partial charge in [-0.15, -0.1) is 6.58 Å². The molecular formula is C29H37NO2. The summed E-state index contributed by atoms with van der Waals surface area (Å²) in [5.74, 6) is 1.49. The topological polar surface area (TPSA) is 29.5 Å². The van der Waals surface area contributed by atoms with Crippen LogP contribution in [0.5, 0.6) is 5.75 Å². The molecule has 0 N–H and O–H groups in total. The number of ether oxygens (including phenoxy) is 1. The summed E-state index contributed by atoms with van der Waals surface area (Å²) in [5.41, 5.74) is 6.15. The molecule has 2 aliphatic rings. The van der Waals surface area contributed by atoms with Crippen LogP contribution in [-0.4, -0.2) is 26.0 Å². The number of fused-ring (bicyclic) bond motifs is 3. The lowest BCUT2D eigenvalue weighted by atomic mass is 9.69. The Hall–Kier alpha value is -2.55. The molecule has 1 heterocycles. The van der Waals surface area contributed by atoms with Crippen molar-refractivity contribution in [2.75, 3.05) is 24.6 Å². The molecule has 0 radical (unpaired) electrons. The molecule has 3 heteroatoms. The van der Waals surface area contributed by atoms with Crippen LogP contribution in [0, 0.1) is 5.92 Å². The fourth-order valence-electron chi connectivity index (χ4n) is 5.60. The van der Waals surface area contributed by atoms with Gasteiger partial charge >= 0.3 is 0 Å². The number of carbonyl (C=O) groups excluding carboxylic acids is 1. The van der Waals surface area contributed by atoms with Crippen molar-refractivity contribution < 1.29 is 9.53 Å². The maximum atomic E-state index is 11.6. The molecule has 0 amide bonds. The van der Waals surface area contributed by atoms with E-state index in [0.29, 0.717) is 18.1 Å². The first-order valence-electron chi connectivity index (χ1n) is 12.3. The summed E-state index contributed by atoms with van der Waals surface area (Å²) in [5, 5.41) is 0. The zero-order chi connectivity index (χ0) is 22.6. The SMILES string of the molecule is C=CCC[C@@H](CC)CN1C[C@@]2(CCCc3cc(CC)ccc32)COc2ccc(C=O)cc21. The number of aryl methyl sites for hydroxylation is 2. The lowest BCUT2D eigenvalue weighted by Gasteiger charge is -2.41. The van der Waals surface area contributed by atoms with Gasteiger partial charge in [-0.1, -0.05) is 44.5 Å². The first-order chi connectivity index (χ1) is 15.6. The van der Waals surface area contributed by atoms with E-state index >= 15 is 0 Å². The molecule has 0 aromatic heterocycles. The molecule has 2 aromatic rings. The van der Waals surface area contributed by atoms with Crippen LogP contribution < -0.4 is 9.64 Å². The van der Waals surface area contributed by atoms with Crippen LogP contribution in [0.1, 0.15) is 73.0 Å². The Morgan fingerprint density at radius 2 is 2.09 bits per heavy atom. The van der Waals surface area contributed by atoms with Crippen molar-refractivity contribution in [3.63, 3.8) is 0 Å². The van der Waals surface area contributed by atoms with E-state index in [9.17, 15) is 4.79 Å². The average molecular weight is 432 g/mol. The summed E-state index contributed by atoms with van der Waals surface area (Å²) in [6, 6.07) is 13.0. The summed E-state index contributed by atoms with van der Waals surface area (Å²) in [4.78, 5) is 14.1. The van der Waals surface area contributed by atoms with Gasteiger partial charge in [0.1, 0.15) is 12.0 Å². The van der Waals surface area contributed by atoms with E-state index in [2.05, 4.69) is 43.5 Å². The number of aldehydes is 1. The van der Waals surface area contributed by atoms with E-state index in [4.69, 9.17) is 4.74 Å². The van der Waals surface area contributed by atoms with Gasteiger partial charge in [0.05, 0.1) is 12.3 Å². The average Bonchev–Trinajstić information content (AvgIpc) is 2.98. The molecular weight excluding hydrogens is 394 g/mol. The van der Waals surface area contributed by atoms with Crippen LogP contribution in [0.2, 0.25) is 0 Å². The summed E-state index contributed by atoms with van der Waals surface area (Å²) in [6.07, 6.45) is 10.8. The highest BCUT2D eigenvalue weighted by Crippen LogP contribution is 2.44. The molecule has 1 spiro atoms. The van der Waals surface area contributed by atoms with Gasteiger partial charge in [0, 0.05) is 24.1 Å². The van der Waals surface area contributed by atoms with E-state index in [-0.39, 0.29) is 5.41 Å². The van der Waals surface area contributed by atoms with Crippen LogP contribution >= 0.6 is 0 Å². The van der Waals surface area contributed by atoms with Crippen molar-refractivity contribution in [1.82, 2.24) is 0 Å². The number of carbonyl (C=O) groups is 1. The Balaban J connectivity index is 1.74. The lowest BCUT2D eigenvalue weighted by Crippen LogP contribution is -2.47. The van der Waals surface area contributed by atoms with Crippen molar-refractivity contribution in [1.29, 1.82) is 0 Å². The van der Waals surface area contributed by atoms with Gasteiger partial charge in [0.2, 0.25) is 0 Å². The fourth-order valence-corrected chi connectivity index (χ4v) is 5.60. The maximum absolute atomic E-state index is 11.6. The van der Waals surface area contributed by atoms with E-state index in [1.54, 1.807) is 0 Å². The minimum atomic E-state index is -0.0169. The smallest absolute Gasteiger partial charge is 0.150 e. The van der Waals surface area contributed by atoms with Crippen molar-refractivity contribution in [2.24, 2.45) is 5.92 Å². The van der Waals surface area contributed by atoms with Gasteiger partial charge in [-0.3, -0.25) is 4.79 Å². The van der Waals surface area contributed by atoms with Crippen LogP contribution in [0.25, 0.3) is 0 Å². The standard InChI is InChI=1S/C29H37NO2/c1-4-7-9-23(6-3)18-30-20-29(21-32-28-14-12-24(19-31)17-27(28)30)15-8-10-25-16-22(5-2)11-13-26(25)29/h4,11-14,16-17,19,23H,1,5-10,15,18,20-21H2,2-3H3/t23-,29+/m1/s1. The zero-order valence-electron chi connectivity index (χ0n) is 19.7. The largest absolute Gasteiger partial charge is 0.490 e. The van der Waals surface area contributed by atoms with Crippen LogP contribution in [0.15, 0.2) is 49.1 Å². The van der Waals surface area contributed by atoms with E-state index in [0.717, 1.165) is 69.3 Å². The highest BCUT2D eigenvalue weighted by Gasteiger charge is 2.41. The molecule has 0 unspecified atom stereocenters. The highest BCUT2D eigenvalue weighted by molar-refractivity contribution is 5.79. The maximum Gasteiger partial charge on any atom is 0.150 e. The molecule has 32 heavy (non-hydrogen) atoms. The summed E-state index contributed by atoms with van der Waals surface area (Å²) in [6.45, 7) is 11.0. The predicted octanol–water partition coefficient (Wildman–Crippen LogP) is 6.53. The van der Waals surface area contributed by atoms with Crippen LogP contribution in [-0.2, 0) is 18.3 Å². The third kappa shape index (κ3) is 4.48. The van der Waals surface area contributed by atoms with Crippen LogP contribution in [0.3, 0.4) is 0 Å². The third-order valence-electron chi connectivity index (χ3n) is 7.54. The normalized spacial score (nSPS) is 20.6. The summed E-state index contributed by atoms with van der Waals surface area (Å²) in [7, 11) is 0. The molecule has 0 fully saturated rings. The second-order valence-electron chi connectivity index (χ2n) is 9.63. The van der Waals surface area contributed by atoms with Gasteiger partial charge in [-0.25, -0.2) is 0 Å². The van der Waals surface area contributed by atoms with Crippen molar-refractivity contribution >= 4 is 12.0 Å². The fraction of sp³-hybridized carbons (Fsp3) is 0.483. The zero-order valence-corrected chi connectivity index (χ0v) is 19.7. The molecule has 1 aliphatic carbocycles. The van der Waals surface area contributed by atoms with Crippen LogP contribution in [0.4, 0.5) is 5.69 Å². The minimum absolute atomic E-state index is 0.0169. The van der Waals surface area contributed by atoms with Gasteiger partial charge in [-0.2, -0.15) is 0 Å². The number of hydrogen-bond acceptors (Lipinski definition) is 3. The minimum Gasteiger partial charge on any atom is -0.490 e. The second-order valence-corrected chi connectivity index (χ2v) is 9.63. The Labute approximate surface area is 193 Å². The number of rotatable bonds is 8. The van der Waals surface area contributed by atoms with Gasteiger partial charge < -0.3 is 9.64 Å². The first kappa shape index (κ1) is 22.6. The molecule has 3 nitrogen and oxygen atoms in total. The van der Waals surface area contributed by atoms with Crippen molar-refractivity contribution in [3.8, 4) is 5.75 Å². The summed E-state index contributed by atoms with van der Waals surface area (Å²) < 4.78 is 6.51. The van der Waals surface area contributed by atoms with Crippen molar-refractivity contribution in [3.05, 3.63) is 71.3 Å². The number of allylic oxidation sites excluding steroid dienone is 1. The van der Waals surface area contributed by atoms with E-state index in [1.165, 1.54) is 23.1 Å². The van der Waals surface area contributed by atoms with E-state index < -0.39 is 0 Å². The number of hydrogen-bond donors (Lipinski definition) is 0. The Kier molecular flexibility index (Phi) is 7.03. The van der Waals surface area contributed by atoms with E-state index in [1.807, 2.05) is 24.3 Å². The molecule has 1 aliphatic heterocycles. The molecule has 2 atom stereocenters. The Morgan fingerprint density at radius 3 is 2.84 bits per heavy atom. The van der Waals surface area contributed by atoms with Gasteiger partial charge in [-0.05, 0) is 79.3 Å². The highest BCUT2D eigenvalue weighted by atomic mass is 16.5. The Bertz CT molecular complexity index is 966. The number of anilines is 1. The third-order valence-corrected chi connectivity index (χ3v) is 7.54. The molecule has 4 rings (SSSR count).